The molecule has 2 aromatic heterocycles. The number of aromatic nitrogens is 4. The van der Waals surface area contributed by atoms with E-state index in [4.69, 9.17) is 23.7 Å². The van der Waals surface area contributed by atoms with Crippen LogP contribution in [0.1, 0.15) is 17.5 Å². The molecule has 3 aromatic rings. The molecule has 4 rings (SSSR count). The van der Waals surface area contributed by atoms with Gasteiger partial charge in [-0.1, -0.05) is 0 Å². The molecule has 0 saturated heterocycles. The first kappa shape index (κ1) is 18.2. The number of esters is 1. The number of carbonyl (C=O) groups excluding carboxylic acids is 1. The first-order chi connectivity index (χ1) is 13.6. The minimum absolute atomic E-state index is 0.0388. The van der Waals surface area contributed by atoms with Gasteiger partial charge in [0.2, 0.25) is 6.79 Å². The number of benzene rings is 1. The van der Waals surface area contributed by atoms with Crippen LogP contribution in [0.5, 0.6) is 11.5 Å². The van der Waals surface area contributed by atoms with Crippen LogP contribution in [0.2, 0.25) is 0 Å². The van der Waals surface area contributed by atoms with Crippen LogP contribution in [0.3, 0.4) is 0 Å². The normalized spacial score (nSPS) is 12.8. The summed E-state index contributed by atoms with van der Waals surface area (Å²) in [6.45, 7) is 2.58. The van der Waals surface area contributed by atoms with Gasteiger partial charge in [-0.25, -0.2) is 14.6 Å². The Kier molecular flexibility index (Phi) is 4.84. The van der Waals surface area contributed by atoms with E-state index in [-0.39, 0.29) is 31.6 Å². The van der Waals surface area contributed by atoms with Crippen molar-refractivity contribution in [3.63, 3.8) is 0 Å². The van der Waals surface area contributed by atoms with Crippen molar-refractivity contribution >= 4 is 22.5 Å². The van der Waals surface area contributed by atoms with Crippen LogP contribution in [0.15, 0.2) is 16.9 Å². The topological polar surface area (TPSA) is 115 Å². The van der Waals surface area contributed by atoms with E-state index in [1.54, 1.807) is 26.2 Å². The lowest BCUT2D eigenvalue weighted by atomic mass is 10.2. The van der Waals surface area contributed by atoms with Crippen LogP contribution < -0.4 is 15.2 Å². The molecule has 28 heavy (non-hydrogen) atoms. The highest BCUT2D eigenvalue weighted by Gasteiger charge is 2.23. The molecule has 0 saturated carbocycles. The zero-order valence-electron chi connectivity index (χ0n) is 15.3. The molecule has 11 nitrogen and oxygen atoms in total. The zero-order valence-corrected chi connectivity index (χ0v) is 15.3. The summed E-state index contributed by atoms with van der Waals surface area (Å²) in [4.78, 5) is 29.2. The third-order valence-electron chi connectivity index (χ3n) is 4.15. The summed E-state index contributed by atoms with van der Waals surface area (Å²) >= 11 is 0. The summed E-state index contributed by atoms with van der Waals surface area (Å²) in [5.41, 5.74) is 0.221. The Balaban J connectivity index is 1.91. The molecule has 0 atom stereocenters. The number of carbonyl (C=O) groups is 1. The third-order valence-corrected chi connectivity index (χ3v) is 4.15. The van der Waals surface area contributed by atoms with Crippen molar-refractivity contribution in [2.24, 2.45) is 0 Å². The largest absolute Gasteiger partial charge is 0.460 e. The molecule has 0 amide bonds. The highest BCUT2D eigenvalue weighted by molar-refractivity contribution is 5.95. The molecular weight excluding hydrogens is 372 g/mol. The Hall–Kier alpha value is -3.18. The van der Waals surface area contributed by atoms with Crippen molar-refractivity contribution in [1.82, 2.24) is 19.2 Å². The summed E-state index contributed by atoms with van der Waals surface area (Å²) in [5.74, 6) is 0.117. The van der Waals surface area contributed by atoms with Gasteiger partial charge in [-0.3, -0.25) is 4.57 Å². The predicted molar refractivity (Wildman–Crippen MR) is 94.7 cm³/mol. The number of methoxy groups -OCH3 is 1. The van der Waals surface area contributed by atoms with Crippen LogP contribution >= 0.6 is 0 Å². The van der Waals surface area contributed by atoms with Crippen LogP contribution in [0.4, 0.5) is 0 Å². The summed E-state index contributed by atoms with van der Waals surface area (Å²) in [6, 6.07) is 3.37. The fourth-order valence-corrected chi connectivity index (χ4v) is 2.88. The minimum atomic E-state index is -0.706. The van der Waals surface area contributed by atoms with Crippen molar-refractivity contribution < 1.29 is 28.5 Å². The third kappa shape index (κ3) is 3.04. The molecule has 1 aliphatic heterocycles. The maximum atomic E-state index is 13.0. The highest BCUT2D eigenvalue weighted by atomic mass is 16.7. The molecular formula is C17H18N4O7. The average molecular weight is 390 g/mol. The van der Waals surface area contributed by atoms with E-state index in [1.807, 2.05) is 0 Å². The number of nitrogens with zero attached hydrogens (tertiary/aromatic N) is 4. The standard InChI is InChI=1S/C17H18N4O7/c1-3-26-16(22)14-18-15-10-6-12-13(28-9-27-12)7-11(10)20(8-25-5-4-24-2)17(23)21(15)19-14/h6-7H,3-5,8-9H2,1-2H3. The lowest BCUT2D eigenvalue weighted by Gasteiger charge is -2.12. The minimum Gasteiger partial charge on any atom is -0.460 e. The van der Waals surface area contributed by atoms with E-state index in [2.05, 4.69) is 10.1 Å². The Bertz CT molecular complexity index is 1100. The quantitative estimate of drug-likeness (QED) is 0.422. The second kappa shape index (κ2) is 7.44. The summed E-state index contributed by atoms with van der Waals surface area (Å²) in [7, 11) is 1.56. The zero-order chi connectivity index (χ0) is 19.7. The van der Waals surface area contributed by atoms with Gasteiger partial charge in [0, 0.05) is 18.6 Å². The fourth-order valence-electron chi connectivity index (χ4n) is 2.88. The predicted octanol–water partition coefficient (Wildman–Crippen LogP) is 0.570. The molecule has 0 fully saturated rings. The van der Waals surface area contributed by atoms with Crippen molar-refractivity contribution in [3.8, 4) is 11.5 Å². The van der Waals surface area contributed by atoms with E-state index < -0.39 is 11.7 Å². The lowest BCUT2D eigenvalue weighted by molar-refractivity contribution is 0.0338. The molecule has 148 valence electrons. The average Bonchev–Trinajstić information content (AvgIpc) is 3.33. The van der Waals surface area contributed by atoms with Gasteiger partial charge in [-0.15, -0.1) is 5.10 Å². The lowest BCUT2D eigenvalue weighted by Crippen LogP contribution is -2.29. The van der Waals surface area contributed by atoms with Gasteiger partial charge in [0.05, 0.1) is 25.3 Å². The molecule has 0 radical (unpaired) electrons. The van der Waals surface area contributed by atoms with Crippen LogP contribution in [-0.2, 0) is 20.9 Å². The van der Waals surface area contributed by atoms with E-state index >= 15 is 0 Å². The van der Waals surface area contributed by atoms with E-state index in [1.165, 1.54) is 4.57 Å². The fraction of sp³-hybridized carbons (Fsp3) is 0.412. The van der Waals surface area contributed by atoms with Crippen molar-refractivity contribution in [1.29, 1.82) is 0 Å². The number of rotatable bonds is 7. The molecule has 0 bridgehead atoms. The number of hydrogen-bond donors (Lipinski definition) is 0. The van der Waals surface area contributed by atoms with Gasteiger partial charge in [0.25, 0.3) is 5.82 Å². The molecule has 11 heteroatoms. The Morgan fingerprint density at radius 1 is 1.25 bits per heavy atom. The van der Waals surface area contributed by atoms with Crippen molar-refractivity contribution in [3.05, 3.63) is 28.4 Å². The Labute approximate surface area is 158 Å². The van der Waals surface area contributed by atoms with E-state index in [0.29, 0.717) is 35.6 Å². The first-order valence-corrected chi connectivity index (χ1v) is 8.60. The van der Waals surface area contributed by atoms with Gasteiger partial charge in [0.1, 0.15) is 6.73 Å². The molecule has 1 aliphatic rings. The summed E-state index contributed by atoms with van der Waals surface area (Å²) < 4.78 is 28.7. The van der Waals surface area contributed by atoms with Crippen molar-refractivity contribution in [2.45, 2.75) is 13.7 Å². The molecule has 0 N–H and O–H groups in total. The van der Waals surface area contributed by atoms with Gasteiger partial charge in [-0.2, -0.15) is 4.52 Å². The van der Waals surface area contributed by atoms with Crippen LogP contribution in [0, 0.1) is 0 Å². The second-order valence-electron chi connectivity index (χ2n) is 5.85. The smallest absolute Gasteiger partial charge is 0.378 e. The molecule has 0 spiro atoms. The number of ether oxygens (including phenoxy) is 5. The summed E-state index contributed by atoms with van der Waals surface area (Å²) in [5, 5.41) is 4.58. The maximum Gasteiger partial charge on any atom is 0.378 e. The molecule has 0 unspecified atom stereocenters. The maximum absolute atomic E-state index is 13.0. The molecule has 0 aliphatic carbocycles. The van der Waals surface area contributed by atoms with Crippen LogP contribution in [-0.4, -0.2) is 58.9 Å². The summed E-state index contributed by atoms with van der Waals surface area (Å²) in [6.07, 6.45) is 0. The number of hydrogen-bond acceptors (Lipinski definition) is 9. The monoisotopic (exact) mass is 390 g/mol. The second-order valence-corrected chi connectivity index (χ2v) is 5.85. The van der Waals surface area contributed by atoms with Crippen LogP contribution in [0.25, 0.3) is 16.6 Å². The van der Waals surface area contributed by atoms with Gasteiger partial charge >= 0.3 is 11.7 Å². The Morgan fingerprint density at radius 3 is 2.79 bits per heavy atom. The van der Waals surface area contributed by atoms with Gasteiger partial charge in [0.15, 0.2) is 17.1 Å². The molecule has 3 heterocycles. The number of fused-ring (bicyclic) bond motifs is 4. The SMILES string of the molecule is CCOC(=O)c1nc2c3cc4c(cc3n(COCCOC)c(=O)n2n1)OCO4. The van der Waals surface area contributed by atoms with E-state index in [0.717, 1.165) is 4.52 Å². The van der Waals surface area contributed by atoms with Crippen molar-refractivity contribution in [2.75, 3.05) is 33.7 Å². The highest BCUT2D eigenvalue weighted by Crippen LogP contribution is 2.36. The first-order valence-electron chi connectivity index (χ1n) is 8.60. The van der Waals surface area contributed by atoms with E-state index in [9.17, 15) is 9.59 Å². The van der Waals surface area contributed by atoms with Gasteiger partial charge in [-0.05, 0) is 13.0 Å². The van der Waals surface area contributed by atoms with Gasteiger partial charge < -0.3 is 23.7 Å². The molecule has 1 aromatic carbocycles. The Morgan fingerprint density at radius 2 is 2.04 bits per heavy atom.